The average Bonchev–Trinajstić information content (AvgIpc) is 2.24. The van der Waals surface area contributed by atoms with Crippen molar-refractivity contribution in [2.75, 3.05) is 11.0 Å². The van der Waals surface area contributed by atoms with E-state index in [-0.39, 0.29) is 11.7 Å². The first kappa shape index (κ1) is 15.1. The van der Waals surface area contributed by atoms with Crippen LogP contribution in [0.15, 0.2) is 0 Å². The van der Waals surface area contributed by atoms with Gasteiger partial charge in [-0.15, -0.1) is 0 Å². The first-order chi connectivity index (χ1) is 7.94. The van der Waals surface area contributed by atoms with Crippen LogP contribution in [-0.2, 0) is 4.74 Å². The molecule has 0 spiro atoms. The van der Waals surface area contributed by atoms with Crippen molar-refractivity contribution in [1.82, 2.24) is 4.90 Å². The Kier molecular flexibility index (Phi) is 6.03. The van der Waals surface area contributed by atoms with Gasteiger partial charge in [-0.25, -0.2) is 4.79 Å². The Balaban J connectivity index is 2.54. The Labute approximate surface area is 118 Å². The summed E-state index contributed by atoms with van der Waals surface area (Å²) in [5.74, 6) is 0. The lowest BCUT2D eigenvalue weighted by Gasteiger charge is -2.36. The summed E-state index contributed by atoms with van der Waals surface area (Å²) in [6.07, 6.45) is 5.66. The van der Waals surface area contributed by atoms with E-state index in [1.807, 2.05) is 25.7 Å². The van der Waals surface area contributed by atoms with Crippen molar-refractivity contribution in [2.45, 2.75) is 64.5 Å². The van der Waals surface area contributed by atoms with Crippen LogP contribution in [0.2, 0.25) is 0 Å². The maximum Gasteiger partial charge on any atom is 0.410 e. The van der Waals surface area contributed by atoms with E-state index in [1.165, 1.54) is 12.8 Å². The smallest absolute Gasteiger partial charge is 0.410 e. The van der Waals surface area contributed by atoms with Crippen LogP contribution in [0.25, 0.3) is 0 Å². The largest absolute Gasteiger partial charge is 0.444 e. The van der Waals surface area contributed by atoms with Crippen LogP contribution in [0.5, 0.6) is 0 Å². The second-order valence-corrected chi connectivity index (χ2v) is 6.73. The molecule has 0 radical (unpaired) electrons. The third kappa shape index (κ3) is 5.44. The van der Waals surface area contributed by atoms with Gasteiger partial charge < -0.3 is 9.64 Å². The number of likely N-dealkylation sites (tertiary alicyclic amines) is 1. The second-order valence-electron chi connectivity index (χ2n) is 5.65. The van der Waals surface area contributed by atoms with Crippen molar-refractivity contribution in [3.63, 3.8) is 0 Å². The molecule has 0 saturated carbocycles. The van der Waals surface area contributed by atoms with Crippen LogP contribution in [0, 0.1) is 0 Å². The Morgan fingerprint density at radius 2 is 2.12 bits per heavy atom. The zero-order valence-electron chi connectivity index (χ0n) is 11.2. The van der Waals surface area contributed by atoms with Crippen molar-refractivity contribution in [2.24, 2.45) is 0 Å². The first-order valence-corrected chi connectivity index (χ1v) is 8.02. The lowest BCUT2D eigenvalue weighted by molar-refractivity contribution is 0.00886. The van der Waals surface area contributed by atoms with E-state index in [0.717, 1.165) is 30.2 Å². The zero-order valence-corrected chi connectivity index (χ0v) is 13.3. The number of halogens is 1. The summed E-state index contributed by atoms with van der Waals surface area (Å²) in [7, 11) is 0. The third-order valence-corrected chi connectivity index (χ3v) is 3.69. The van der Waals surface area contributed by atoms with Gasteiger partial charge in [0.25, 0.3) is 0 Å². The summed E-state index contributed by atoms with van der Waals surface area (Å²) < 4.78 is 6.64. The summed E-state index contributed by atoms with van der Waals surface area (Å²) in [5.41, 5.74) is -0.387. The number of amides is 1. The quantitative estimate of drug-likeness (QED) is 0.567. The number of carbonyl (C=O) groups excluding carboxylic acids is 1. The molecular formula is C13H24INO2. The maximum absolute atomic E-state index is 12.1. The van der Waals surface area contributed by atoms with Crippen LogP contribution in [0.4, 0.5) is 4.79 Å². The van der Waals surface area contributed by atoms with Gasteiger partial charge in [0.05, 0.1) is 0 Å². The predicted molar refractivity (Wildman–Crippen MR) is 78.7 cm³/mol. The Morgan fingerprint density at radius 3 is 2.71 bits per heavy atom. The number of carbonyl (C=O) groups is 1. The van der Waals surface area contributed by atoms with Gasteiger partial charge in [-0.05, 0) is 57.3 Å². The van der Waals surface area contributed by atoms with Crippen LogP contribution < -0.4 is 0 Å². The topological polar surface area (TPSA) is 29.5 Å². The van der Waals surface area contributed by atoms with Crippen molar-refractivity contribution < 1.29 is 9.53 Å². The fourth-order valence-electron chi connectivity index (χ4n) is 2.17. The Morgan fingerprint density at radius 1 is 1.41 bits per heavy atom. The molecule has 0 aliphatic carbocycles. The van der Waals surface area contributed by atoms with E-state index in [1.54, 1.807) is 0 Å². The molecule has 0 aromatic carbocycles. The number of ether oxygens (including phenoxy) is 1. The Bertz CT molecular complexity index is 250. The van der Waals surface area contributed by atoms with Crippen molar-refractivity contribution in [3.05, 3.63) is 0 Å². The fraction of sp³-hybridized carbons (Fsp3) is 0.923. The number of alkyl halides is 1. The molecule has 0 aromatic rings. The highest BCUT2D eigenvalue weighted by atomic mass is 127. The Hall–Kier alpha value is 0. The summed E-state index contributed by atoms with van der Waals surface area (Å²) in [5, 5.41) is 0. The van der Waals surface area contributed by atoms with E-state index in [0.29, 0.717) is 6.04 Å². The van der Waals surface area contributed by atoms with Crippen LogP contribution in [0.3, 0.4) is 0 Å². The fourth-order valence-corrected chi connectivity index (χ4v) is 2.61. The van der Waals surface area contributed by atoms with E-state index < -0.39 is 0 Å². The van der Waals surface area contributed by atoms with Crippen LogP contribution >= 0.6 is 22.6 Å². The molecule has 0 aromatic heterocycles. The monoisotopic (exact) mass is 353 g/mol. The van der Waals surface area contributed by atoms with Crippen LogP contribution in [0.1, 0.15) is 52.9 Å². The molecule has 4 heteroatoms. The maximum atomic E-state index is 12.1. The van der Waals surface area contributed by atoms with E-state index in [4.69, 9.17) is 4.74 Å². The number of piperidine rings is 1. The van der Waals surface area contributed by atoms with E-state index in [9.17, 15) is 4.79 Å². The predicted octanol–water partition coefficient (Wildman–Crippen LogP) is 3.99. The summed E-state index contributed by atoms with van der Waals surface area (Å²) in [6, 6.07) is 0.397. The van der Waals surface area contributed by atoms with Crippen molar-refractivity contribution >= 4 is 28.7 Å². The van der Waals surface area contributed by atoms with Crippen molar-refractivity contribution in [1.29, 1.82) is 0 Å². The minimum absolute atomic E-state index is 0.129. The highest BCUT2D eigenvalue weighted by molar-refractivity contribution is 14.1. The highest BCUT2D eigenvalue weighted by Gasteiger charge is 2.29. The van der Waals surface area contributed by atoms with E-state index in [2.05, 4.69) is 22.6 Å². The highest BCUT2D eigenvalue weighted by Crippen LogP contribution is 2.23. The molecule has 1 aliphatic heterocycles. The third-order valence-electron chi connectivity index (χ3n) is 2.93. The molecule has 0 N–H and O–H groups in total. The first-order valence-electron chi connectivity index (χ1n) is 6.49. The summed E-state index contributed by atoms with van der Waals surface area (Å²) >= 11 is 2.40. The van der Waals surface area contributed by atoms with Gasteiger partial charge in [0, 0.05) is 12.6 Å². The molecule has 1 saturated heterocycles. The molecule has 1 fully saturated rings. The van der Waals surface area contributed by atoms with Gasteiger partial charge in [-0.3, -0.25) is 0 Å². The molecule has 1 atom stereocenters. The molecule has 1 heterocycles. The molecule has 1 aliphatic rings. The average molecular weight is 353 g/mol. The molecule has 17 heavy (non-hydrogen) atoms. The van der Waals surface area contributed by atoms with Gasteiger partial charge in [-0.2, -0.15) is 0 Å². The lowest BCUT2D eigenvalue weighted by Crippen LogP contribution is -2.46. The van der Waals surface area contributed by atoms with E-state index >= 15 is 0 Å². The minimum atomic E-state index is -0.387. The van der Waals surface area contributed by atoms with Gasteiger partial charge in [-0.1, -0.05) is 22.6 Å². The molecule has 0 bridgehead atoms. The number of hydrogen-bond donors (Lipinski definition) is 0. The van der Waals surface area contributed by atoms with Crippen molar-refractivity contribution in [3.8, 4) is 0 Å². The molecule has 1 amide bonds. The molecule has 1 unspecified atom stereocenters. The minimum Gasteiger partial charge on any atom is -0.444 e. The number of nitrogens with zero attached hydrogens (tertiary/aromatic N) is 1. The molecule has 1 rings (SSSR count). The standard InChI is InChI=1S/C13H24INO2/c1-13(2,3)17-12(16)15-10-5-4-7-11(15)8-6-9-14/h11H,4-10H2,1-3H3. The lowest BCUT2D eigenvalue weighted by atomic mass is 9.99. The summed E-state index contributed by atoms with van der Waals surface area (Å²) in [6.45, 7) is 6.64. The zero-order chi connectivity index (χ0) is 12.9. The van der Waals surface area contributed by atoms with Crippen LogP contribution in [-0.4, -0.2) is 33.6 Å². The number of hydrogen-bond acceptors (Lipinski definition) is 2. The SMILES string of the molecule is CC(C)(C)OC(=O)N1CCCCC1CCCI. The molecule has 3 nitrogen and oxygen atoms in total. The summed E-state index contributed by atoms with van der Waals surface area (Å²) in [4.78, 5) is 14.0. The van der Waals surface area contributed by atoms with Gasteiger partial charge in [0.1, 0.15) is 5.60 Å². The van der Waals surface area contributed by atoms with Gasteiger partial charge in [0.2, 0.25) is 0 Å². The molecular weight excluding hydrogens is 329 g/mol. The van der Waals surface area contributed by atoms with Gasteiger partial charge in [0.15, 0.2) is 0 Å². The number of rotatable bonds is 3. The second kappa shape index (κ2) is 6.81. The normalized spacial score (nSPS) is 21.4. The van der Waals surface area contributed by atoms with Gasteiger partial charge >= 0.3 is 6.09 Å². The molecule has 100 valence electrons.